The summed E-state index contributed by atoms with van der Waals surface area (Å²) in [5.74, 6) is -0.612. The van der Waals surface area contributed by atoms with Crippen LogP contribution >= 0.6 is 0 Å². The van der Waals surface area contributed by atoms with Crippen LogP contribution in [0.5, 0.6) is 0 Å². The molecule has 2 saturated heterocycles. The van der Waals surface area contributed by atoms with E-state index < -0.39 is 17.8 Å². The van der Waals surface area contributed by atoms with E-state index in [0.717, 1.165) is 11.2 Å². The van der Waals surface area contributed by atoms with Crippen LogP contribution in [0, 0.1) is 0 Å². The van der Waals surface area contributed by atoms with E-state index in [1.807, 2.05) is 7.05 Å². The Hall–Kier alpha value is -1.61. The lowest BCUT2D eigenvalue weighted by Gasteiger charge is -2.45. The fraction of sp³-hybridized carbons (Fsp3) is 0.733. The summed E-state index contributed by atoms with van der Waals surface area (Å²) in [7, 11) is 1.95. The number of likely N-dealkylation sites (tertiary alicyclic amines) is 1. The van der Waals surface area contributed by atoms with Gasteiger partial charge >= 0.3 is 6.18 Å². The number of aryl methyl sites for hydroxylation is 1. The van der Waals surface area contributed by atoms with Crippen molar-refractivity contribution in [3.05, 3.63) is 17.5 Å². The molecule has 0 aromatic carbocycles. The standard InChI is InChI=1S/C15H21F3N4O2/c1-3-22-8-10(13(19-22)15(16,17)18)14(23)21-5-4-12-11(9-21)20(2)6-7-24-12/h8,11-12H,3-7,9H2,1-2H3/t11-,12-/m0/s1. The molecule has 0 aliphatic carbocycles. The summed E-state index contributed by atoms with van der Waals surface area (Å²) in [6.07, 6.45) is -2.79. The zero-order chi connectivity index (χ0) is 17.5. The predicted molar refractivity (Wildman–Crippen MR) is 79.6 cm³/mol. The van der Waals surface area contributed by atoms with Crippen molar-refractivity contribution in [2.45, 2.75) is 38.2 Å². The molecule has 134 valence electrons. The monoisotopic (exact) mass is 346 g/mol. The number of carbonyl (C=O) groups is 1. The highest BCUT2D eigenvalue weighted by atomic mass is 19.4. The number of alkyl halides is 3. The molecule has 0 radical (unpaired) electrons. The van der Waals surface area contributed by atoms with E-state index in [2.05, 4.69) is 10.00 Å². The normalized spacial score (nSPS) is 25.6. The molecular formula is C15H21F3N4O2. The summed E-state index contributed by atoms with van der Waals surface area (Å²) in [5, 5.41) is 3.52. The maximum atomic E-state index is 13.2. The Balaban J connectivity index is 1.83. The zero-order valence-electron chi connectivity index (χ0n) is 13.7. The molecule has 0 unspecified atom stereocenters. The van der Waals surface area contributed by atoms with Gasteiger partial charge in [-0.1, -0.05) is 0 Å². The quantitative estimate of drug-likeness (QED) is 0.814. The lowest BCUT2D eigenvalue weighted by atomic mass is 9.98. The molecule has 1 aromatic rings. The van der Waals surface area contributed by atoms with Crippen molar-refractivity contribution < 1.29 is 22.7 Å². The maximum Gasteiger partial charge on any atom is 0.435 e. The van der Waals surface area contributed by atoms with Gasteiger partial charge in [-0.3, -0.25) is 14.4 Å². The third kappa shape index (κ3) is 3.14. The van der Waals surface area contributed by atoms with Gasteiger partial charge in [-0.25, -0.2) is 0 Å². The van der Waals surface area contributed by atoms with E-state index in [-0.39, 0.29) is 24.3 Å². The Kier molecular flexibility index (Phi) is 4.56. The predicted octanol–water partition coefficient (Wildman–Crippen LogP) is 1.47. The molecule has 2 aliphatic rings. The third-order valence-corrected chi connectivity index (χ3v) is 4.73. The van der Waals surface area contributed by atoms with Gasteiger partial charge in [0.05, 0.1) is 24.3 Å². The Labute approximate surface area is 138 Å². The topological polar surface area (TPSA) is 50.6 Å². The number of amides is 1. The Morgan fingerprint density at radius 3 is 2.83 bits per heavy atom. The lowest BCUT2D eigenvalue weighted by Crippen LogP contribution is -2.59. The SMILES string of the molecule is CCn1cc(C(=O)N2CC[C@@H]3OCCN(C)[C@H]3C2)c(C(F)(F)F)n1. The second-order valence-corrected chi connectivity index (χ2v) is 6.24. The van der Waals surface area contributed by atoms with Crippen LogP contribution in [0.2, 0.25) is 0 Å². The molecular weight excluding hydrogens is 325 g/mol. The smallest absolute Gasteiger partial charge is 0.375 e. The van der Waals surface area contributed by atoms with Gasteiger partial charge < -0.3 is 9.64 Å². The van der Waals surface area contributed by atoms with Crippen molar-refractivity contribution in [2.24, 2.45) is 0 Å². The molecule has 0 saturated carbocycles. The average Bonchev–Trinajstić information content (AvgIpc) is 2.99. The van der Waals surface area contributed by atoms with Gasteiger partial charge in [-0.2, -0.15) is 18.3 Å². The largest absolute Gasteiger partial charge is 0.435 e. The minimum absolute atomic E-state index is 0.0204. The van der Waals surface area contributed by atoms with E-state index in [4.69, 9.17) is 4.74 Å². The van der Waals surface area contributed by atoms with Gasteiger partial charge in [0.25, 0.3) is 5.91 Å². The van der Waals surface area contributed by atoms with Crippen molar-refractivity contribution in [1.82, 2.24) is 19.6 Å². The van der Waals surface area contributed by atoms with Crippen LogP contribution in [-0.2, 0) is 17.5 Å². The van der Waals surface area contributed by atoms with E-state index in [1.54, 1.807) is 6.92 Å². The first-order valence-electron chi connectivity index (χ1n) is 8.07. The molecule has 1 aromatic heterocycles. The number of halogens is 3. The molecule has 3 rings (SSSR count). The second kappa shape index (κ2) is 6.36. The first-order chi connectivity index (χ1) is 11.3. The minimum atomic E-state index is -4.64. The number of hydrogen-bond acceptors (Lipinski definition) is 4. The average molecular weight is 346 g/mol. The number of fused-ring (bicyclic) bond motifs is 1. The van der Waals surface area contributed by atoms with E-state index in [0.29, 0.717) is 26.1 Å². The van der Waals surface area contributed by atoms with Crippen molar-refractivity contribution in [3.8, 4) is 0 Å². The third-order valence-electron chi connectivity index (χ3n) is 4.73. The van der Waals surface area contributed by atoms with Crippen molar-refractivity contribution >= 4 is 5.91 Å². The zero-order valence-corrected chi connectivity index (χ0v) is 13.7. The Morgan fingerprint density at radius 1 is 1.42 bits per heavy atom. The number of nitrogens with zero attached hydrogens (tertiary/aromatic N) is 4. The number of aromatic nitrogens is 2. The molecule has 3 heterocycles. The second-order valence-electron chi connectivity index (χ2n) is 6.24. The highest BCUT2D eigenvalue weighted by Crippen LogP contribution is 2.32. The summed E-state index contributed by atoms with van der Waals surface area (Å²) >= 11 is 0. The van der Waals surface area contributed by atoms with E-state index in [9.17, 15) is 18.0 Å². The fourth-order valence-corrected chi connectivity index (χ4v) is 3.35. The highest BCUT2D eigenvalue weighted by Gasteiger charge is 2.42. The van der Waals surface area contributed by atoms with Crippen LogP contribution in [0.4, 0.5) is 13.2 Å². The van der Waals surface area contributed by atoms with Gasteiger partial charge in [0.15, 0.2) is 5.69 Å². The van der Waals surface area contributed by atoms with Gasteiger partial charge in [0.1, 0.15) is 0 Å². The fourth-order valence-electron chi connectivity index (χ4n) is 3.35. The first-order valence-corrected chi connectivity index (χ1v) is 8.07. The number of likely N-dealkylation sites (N-methyl/N-ethyl adjacent to an activating group) is 1. The Bertz CT molecular complexity index is 616. The van der Waals surface area contributed by atoms with Crippen molar-refractivity contribution in [1.29, 1.82) is 0 Å². The molecule has 2 fully saturated rings. The molecule has 9 heteroatoms. The maximum absolute atomic E-state index is 13.2. The molecule has 2 atom stereocenters. The number of piperidine rings is 1. The summed E-state index contributed by atoms with van der Waals surface area (Å²) in [6.45, 7) is 4.12. The van der Waals surface area contributed by atoms with Gasteiger partial charge in [-0.05, 0) is 20.4 Å². The summed E-state index contributed by atoms with van der Waals surface area (Å²) in [6, 6.07) is 0.0204. The summed E-state index contributed by atoms with van der Waals surface area (Å²) in [5.41, 5.74) is -1.48. The van der Waals surface area contributed by atoms with Crippen LogP contribution < -0.4 is 0 Å². The number of carbonyl (C=O) groups excluding carboxylic acids is 1. The molecule has 1 amide bonds. The van der Waals surface area contributed by atoms with E-state index in [1.165, 1.54) is 11.1 Å². The number of ether oxygens (including phenoxy) is 1. The molecule has 0 bridgehead atoms. The van der Waals surface area contributed by atoms with Crippen LogP contribution in [0.3, 0.4) is 0 Å². The number of rotatable bonds is 2. The summed E-state index contributed by atoms with van der Waals surface area (Å²) < 4.78 is 46.4. The summed E-state index contributed by atoms with van der Waals surface area (Å²) in [4.78, 5) is 16.3. The number of morpholine rings is 1. The van der Waals surface area contributed by atoms with E-state index >= 15 is 0 Å². The minimum Gasteiger partial charge on any atom is -0.375 e. The van der Waals surface area contributed by atoms with Gasteiger partial charge in [-0.15, -0.1) is 0 Å². The van der Waals surface area contributed by atoms with Crippen molar-refractivity contribution in [3.63, 3.8) is 0 Å². The Morgan fingerprint density at radius 2 is 2.17 bits per heavy atom. The van der Waals surface area contributed by atoms with Gasteiger partial charge in [0, 0.05) is 32.4 Å². The lowest BCUT2D eigenvalue weighted by molar-refractivity contribution is -0.142. The van der Waals surface area contributed by atoms with Crippen molar-refractivity contribution in [2.75, 3.05) is 33.3 Å². The van der Waals surface area contributed by atoms with Gasteiger partial charge in [0.2, 0.25) is 0 Å². The molecule has 2 aliphatic heterocycles. The highest BCUT2D eigenvalue weighted by molar-refractivity contribution is 5.95. The molecule has 24 heavy (non-hydrogen) atoms. The molecule has 0 spiro atoms. The van der Waals surface area contributed by atoms with Crippen LogP contribution in [0.15, 0.2) is 6.20 Å². The molecule has 6 nitrogen and oxygen atoms in total. The first kappa shape index (κ1) is 17.2. The van der Waals surface area contributed by atoms with Crippen LogP contribution in [0.1, 0.15) is 29.4 Å². The van der Waals surface area contributed by atoms with Crippen LogP contribution in [-0.4, -0.2) is 70.9 Å². The van der Waals surface area contributed by atoms with Crippen LogP contribution in [0.25, 0.3) is 0 Å². The number of hydrogen-bond donors (Lipinski definition) is 0. The molecule has 0 N–H and O–H groups in total.